The fourth-order valence-corrected chi connectivity index (χ4v) is 1.76. The van der Waals surface area contributed by atoms with Gasteiger partial charge >= 0.3 is 0 Å². The van der Waals surface area contributed by atoms with E-state index in [0.29, 0.717) is 29.0 Å². The van der Waals surface area contributed by atoms with Crippen LogP contribution >= 0.6 is 0 Å². The number of hydrogen-bond donors (Lipinski definition) is 1. The average Bonchev–Trinajstić information content (AvgIpc) is 2.47. The molecule has 20 heavy (non-hydrogen) atoms. The maximum Gasteiger partial charge on any atom is 0.248 e. The van der Waals surface area contributed by atoms with Gasteiger partial charge in [0.1, 0.15) is 11.5 Å². The molecule has 0 saturated heterocycles. The molecule has 0 aliphatic heterocycles. The molecule has 0 bridgehead atoms. The highest BCUT2D eigenvalue weighted by Gasteiger charge is 2.05. The number of amides is 1. The molecule has 0 unspecified atom stereocenters. The summed E-state index contributed by atoms with van der Waals surface area (Å²) in [4.78, 5) is 22.6. The topological polar surface area (TPSA) is 69.4 Å². The van der Waals surface area contributed by atoms with Crippen molar-refractivity contribution in [1.82, 2.24) is 0 Å². The van der Waals surface area contributed by atoms with Gasteiger partial charge in [-0.1, -0.05) is 19.1 Å². The standard InChI is InChI=1S/C16H15NO3/c1-2-15(18)12-4-3-5-14(10-12)20-13-8-6-11(7-9-13)16(17)19/h3-10H,2H2,1H3,(H2,17,19). The number of nitrogens with two attached hydrogens (primary N) is 1. The Labute approximate surface area is 117 Å². The highest BCUT2D eigenvalue weighted by molar-refractivity contribution is 5.96. The van der Waals surface area contributed by atoms with Crippen molar-refractivity contribution in [2.45, 2.75) is 13.3 Å². The molecule has 0 atom stereocenters. The van der Waals surface area contributed by atoms with E-state index in [1.807, 2.05) is 6.92 Å². The van der Waals surface area contributed by atoms with Crippen LogP contribution in [0, 0.1) is 0 Å². The van der Waals surface area contributed by atoms with Gasteiger partial charge < -0.3 is 10.5 Å². The van der Waals surface area contributed by atoms with Gasteiger partial charge in [0.2, 0.25) is 5.91 Å². The Morgan fingerprint density at radius 1 is 1.00 bits per heavy atom. The van der Waals surface area contributed by atoms with Gasteiger partial charge in [0.05, 0.1) is 0 Å². The van der Waals surface area contributed by atoms with E-state index in [0.717, 1.165) is 0 Å². The summed E-state index contributed by atoms with van der Waals surface area (Å²) < 4.78 is 5.64. The highest BCUT2D eigenvalue weighted by atomic mass is 16.5. The van der Waals surface area contributed by atoms with Crippen LogP contribution < -0.4 is 10.5 Å². The normalized spacial score (nSPS) is 10.1. The smallest absolute Gasteiger partial charge is 0.248 e. The van der Waals surface area contributed by atoms with Gasteiger partial charge in [-0.15, -0.1) is 0 Å². The minimum absolute atomic E-state index is 0.0690. The lowest BCUT2D eigenvalue weighted by Crippen LogP contribution is -2.10. The Hall–Kier alpha value is -2.62. The van der Waals surface area contributed by atoms with Crippen LogP contribution in [0.1, 0.15) is 34.1 Å². The zero-order valence-electron chi connectivity index (χ0n) is 11.1. The third kappa shape index (κ3) is 3.23. The Bertz CT molecular complexity index is 632. The van der Waals surface area contributed by atoms with Crippen LogP contribution in [0.3, 0.4) is 0 Å². The maximum absolute atomic E-state index is 11.6. The van der Waals surface area contributed by atoms with Crippen LogP contribution in [0.2, 0.25) is 0 Å². The van der Waals surface area contributed by atoms with Crippen molar-refractivity contribution in [3.05, 3.63) is 59.7 Å². The minimum atomic E-state index is -0.480. The van der Waals surface area contributed by atoms with Crippen LogP contribution in [-0.4, -0.2) is 11.7 Å². The zero-order chi connectivity index (χ0) is 14.5. The number of carbonyl (C=O) groups is 2. The number of rotatable bonds is 5. The van der Waals surface area contributed by atoms with Crippen molar-refractivity contribution >= 4 is 11.7 Å². The second kappa shape index (κ2) is 6.02. The first-order valence-electron chi connectivity index (χ1n) is 6.31. The molecule has 4 heteroatoms. The molecule has 2 rings (SSSR count). The van der Waals surface area contributed by atoms with Gasteiger partial charge in [0.25, 0.3) is 0 Å². The summed E-state index contributed by atoms with van der Waals surface area (Å²) in [7, 11) is 0. The molecule has 4 nitrogen and oxygen atoms in total. The summed E-state index contributed by atoms with van der Waals surface area (Å²) >= 11 is 0. The maximum atomic E-state index is 11.6. The van der Waals surface area contributed by atoms with Crippen molar-refractivity contribution in [1.29, 1.82) is 0 Å². The van der Waals surface area contributed by atoms with Gasteiger partial charge in [-0.2, -0.15) is 0 Å². The van der Waals surface area contributed by atoms with E-state index in [9.17, 15) is 9.59 Å². The van der Waals surface area contributed by atoms with E-state index < -0.39 is 5.91 Å². The Balaban J connectivity index is 2.17. The largest absolute Gasteiger partial charge is 0.457 e. The van der Waals surface area contributed by atoms with Gasteiger partial charge in [-0.25, -0.2) is 0 Å². The lowest BCUT2D eigenvalue weighted by molar-refractivity contribution is 0.0983. The third-order valence-corrected chi connectivity index (χ3v) is 2.85. The van der Waals surface area contributed by atoms with Crippen molar-refractivity contribution in [3.63, 3.8) is 0 Å². The molecule has 0 radical (unpaired) electrons. The van der Waals surface area contributed by atoms with Crippen LogP contribution in [0.5, 0.6) is 11.5 Å². The minimum Gasteiger partial charge on any atom is -0.457 e. The highest BCUT2D eigenvalue weighted by Crippen LogP contribution is 2.23. The summed E-state index contributed by atoms with van der Waals surface area (Å²) in [5, 5.41) is 0. The van der Waals surface area contributed by atoms with E-state index >= 15 is 0 Å². The third-order valence-electron chi connectivity index (χ3n) is 2.85. The van der Waals surface area contributed by atoms with Gasteiger partial charge in [0.15, 0.2) is 5.78 Å². The van der Waals surface area contributed by atoms with E-state index in [-0.39, 0.29) is 5.78 Å². The SMILES string of the molecule is CCC(=O)c1cccc(Oc2ccc(C(N)=O)cc2)c1. The summed E-state index contributed by atoms with van der Waals surface area (Å²) in [6, 6.07) is 13.5. The number of ether oxygens (including phenoxy) is 1. The Morgan fingerprint density at radius 3 is 2.30 bits per heavy atom. The van der Waals surface area contributed by atoms with Crippen molar-refractivity contribution in [2.75, 3.05) is 0 Å². The van der Waals surface area contributed by atoms with E-state index in [2.05, 4.69) is 0 Å². The molecule has 0 saturated carbocycles. The van der Waals surface area contributed by atoms with Gasteiger partial charge in [0, 0.05) is 17.5 Å². The molecule has 2 N–H and O–H groups in total. The fraction of sp³-hybridized carbons (Fsp3) is 0.125. The van der Waals surface area contributed by atoms with Crippen molar-refractivity contribution < 1.29 is 14.3 Å². The van der Waals surface area contributed by atoms with Gasteiger partial charge in [-0.05, 0) is 36.4 Å². The number of primary amides is 1. The summed E-state index contributed by atoms with van der Waals surface area (Å²) in [5.41, 5.74) is 6.21. The molecule has 2 aromatic carbocycles. The van der Waals surface area contributed by atoms with Crippen molar-refractivity contribution in [3.8, 4) is 11.5 Å². The van der Waals surface area contributed by atoms with Crippen molar-refractivity contribution in [2.24, 2.45) is 5.73 Å². The molecule has 0 heterocycles. The number of ketones is 1. The van der Waals surface area contributed by atoms with Gasteiger partial charge in [-0.3, -0.25) is 9.59 Å². The molecular weight excluding hydrogens is 254 g/mol. The van der Waals surface area contributed by atoms with E-state index in [1.165, 1.54) is 0 Å². The zero-order valence-corrected chi connectivity index (χ0v) is 11.1. The quantitative estimate of drug-likeness (QED) is 0.847. The lowest BCUT2D eigenvalue weighted by atomic mass is 10.1. The summed E-state index contributed by atoms with van der Waals surface area (Å²) in [6.45, 7) is 1.82. The molecule has 102 valence electrons. The molecule has 2 aromatic rings. The first kappa shape index (κ1) is 13.8. The Morgan fingerprint density at radius 2 is 1.70 bits per heavy atom. The average molecular weight is 269 g/mol. The second-order valence-electron chi connectivity index (χ2n) is 4.30. The van der Waals surface area contributed by atoms with E-state index in [1.54, 1.807) is 48.5 Å². The van der Waals surface area contributed by atoms with Crippen LogP contribution in [0.4, 0.5) is 0 Å². The first-order chi connectivity index (χ1) is 9.60. The number of Topliss-reactive ketones (excluding diaryl/α,β-unsaturated/α-hetero) is 1. The van der Waals surface area contributed by atoms with E-state index in [4.69, 9.17) is 10.5 Å². The predicted octanol–water partition coefficient (Wildman–Crippen LogP) is 3.17. The van der Waals surface area contributed by atoms with Crippen LogP contribution in [0.15, 0.2) is 48.5 Å². The molecule has 1 amide bonds. The molecule has 0 fully saturated rings. The molecule has 0 aromatic heterocycles. The molecule has 0 aliphatic rings. The van der Waals surface area contributed by atoms with Crippen LogP contribution in [-0.2, 0) is 0 Å². The number of benzene rings is 2. The lowest BCUT2D eigenvalue weighted by Gasteiger charge is -2.07. The fourth-order valence-electron chi connectivity index (χ4n) is 1.76. The number of carbonyl (C=O) groups excluding carboxylic acids is 2. The van der Waals surface area contributed by atoms with Crippen LogP contribution in [0.25, 0.3) is 0 Å². The first-order valence-corrected chi connectivity index (χ1v) is 6.31. The summed E-state index contributed by atoms with van der Waals surface area (Å²) in [5.74, 6) is 0.749. The second-order valence-corrected chi connectivity index (χ2v) is 4.30. The Kier molecular flexibility index (Phi) is 4.15. The molecule has 0 aliphatic carbocycles. The number of hydrogen-bond acceptors (Lipinski definition) is 3. The predicted molar refractivity (Wildman–Crippen MR) is 76.1 cm³/mol. The summed E-state index contributed by atoms with van der Waals surface area (Å²) in [6.07, 6.45) is 0.455. The molecule has 0 spiro atoms. The molecular formula is C16H15NO3. The monoisotopic (exact) mass is 269 g/mol.